The van der Waals surface area contributed by atoms with Gasteiger partial charge in [0.05, 0.1) is 25.1 Å². The molecule has 1 aliphatic rings. The van der Waals surface area contributed by atoms with Gasteiger partial charge in [-0.05, 0) is 17.7 Å². The highest BCUT2D eigenvalue weighted by atomic mass is 16.6. The van der Waals surface area contributed by atoms with E-state index in [1.807, 2.05) is 42.5 Å². The molecule has 1 aliphatic heterocycles. The van der Waals surface area contributed by atoms with Crippen molar-refractivity contribution in [3.8, 4) is 5.75 Å². The van der Waals surface area contributed by atoms with Gasteiger partial charge in [-0.25, -0.2) is 0 Å². The Morgan fingerprint density at radius 1 is 1.13 bits per heavy atom. The minimum atomic E-state index is -0.560. The predicted molar refractivity (Wildman–Crippen MR) is 85.0 cm³/mol. The van der Waals surface area contributed by atoms with E-state index in [1.54, 1.807) is 19.2 Å². The van der Waals surface area contributed by atoms with E-state index in [-0.39, 0.29) is 18.3 Å². The fourth-order valence-corrected chi connectivity index (χ4v) is 2.71. The Labute approximate surface area is 134 Å². The number of cyclic esters (lactones) is 1. The summed E-state index contributed by atoms with van der Waals surface area (Å²) in [6, 6.07) is 16.5. The summed E-state index contributed by atoms with van der Waals surface area (Å²) in [6.07, 6.45) is -0.487. The fourth-order valence-electron chi connectivity index (χ4n) is 2.71. The first kappa shape index (κ1) is 15.1. The molecule has 2 aromatic rings. The second kappa shape index (κ2) is 6.52. The summed E-state index contributed by atoms with van der Waals surface area (Å²) < 4.78 is 10.6. The van der Waals surface area contributed by atoms with E-state index in [4.69, 9.17) is 9.47 Å². The van der Waals surface area contributed by atoms with E-state index in [1.165, 1.54) is 0 Å². The van der Waals surface area contributed by atoms with Crippen molar-refractivity contribution in [2.24, 2.45) is 5.92 Å². The molecule has 0 bridgehead atoms. The maximum atomic E-state index is 12.6. The molecule has 5 heteroatoms. The number of hydrogen-bond donors (Lipinski definition) is 1. The van der Waals surface area contributed by atoms with Gasteiger partial charge in [0.25, 0.3) is 0 Å². The number of anilines is 1. The summed E-state index contributed by atoms with van der Waals surface area (Å²) in [5.74, 6) is -0.606. The van der Waals surface area contributed by atoms with Gasteiger partial charge in [0.2, 0.25) is 5.91 Å². The molecule has 23 heavy (non-hydrogen) atoms. The van der Waals surface area contributed by atoms with Gasteiger partial charge in [0.15, 0.2) is 0 Å². The molecule has 2 aromatic carbocycles. The molecule has 1 saturated heterocycles. The molecule has 1 amide bonds. The van der Waals surface area contributed by atoms with Gasteiger partial charge < -0.3 is 14.8 Å². The second-order valence-electron chi connectivity index (χ2n) is 5.32. The standard InChI is InChI=1S/C18H17NO4/c1-22-15-10-6-5-9-14(15)19-18(21)13-11-16(20)23-17(13)12-7-3-2-4-8-12/h2-10,13,17H,11H2,1H3,(H,19,21)/t13-,17+/m1/s1. The first-order chi connectivity index (χ1) is 11.2. The Morgan fingerprint density at radius 2 is 1.83 bits per heavy atom. The number of methoxy groups -OCH3 is 1. The molecule has 0 spiro atoms. The van der Waals surface area contributed by atoms with Crippen LogP contribution in [0.1, 0.15) is 18.1 Å². The maximum absolute atomic E-state index is 12.6. The molecule has 0 aromatic heterocycles. The van der Waals surface area contributed by atoms with Crippen LogP contribution in [0.3, 0.4) is 0 Å². The number of ether oxygens (including phenoxy) is 2. The molecule has 118 valence electrons. The Hall–Kier alpha value is -2.82. The number of hydrogen-bond acceptors (Lipinski definition) is 4. The van der Waals surface area contributed by atoms with Gasteiger partial charge in [-0.15, -0.1) is 0 Å². The van der Waals surface area contributed by atoms with Crippen molar-refractivity contribution in [3.05, 3.63) is 60.2 Å². The van der Waals surface area contributed by atoms with Crippen LogP contribution >= 0.6 is 0 Å². The van der Waals surface area contributed by atoms with Crippen molar-refractivity contribution in [2.45, 2.75) is 12.5 Å². The van der Waals surface area contributed by atoms with Gasteiger partial charge in [0.1, 0.15) is 11.9 Å². The molecule has 2 atom stereocenters. The van der Waals surface area contributed by atoms with Crippen LogP contribution in [0.4, 0.5) is 5.69 Å². The lowest BCUT2D eigenvalue weighted by atomic mass is 9.94. The first-order valence-corrected chi connectivity index (χ1v) is 7.37. The highest BCUT2D eigenvalue weighted by Crippen LogP contribution is 2.36. The largest absolute Gasteiger partial charge is 0.495 e. The van der Waals surface area contributed by atoms with Crippen molar-refractivity contribution in [2.75, 3.05) is 12.4 Å². The summed E-state index contributed by atoms with van der Waals surface area (Å²) in [4.78, 5) is 24.3. The average Bonchev–Trinajstić information content (AvgIpc) is 2.98. The first-order valence-electron chi connectivity index (χ1n) is 7.37. The molecule has 0 unspecified atom stereocenters. The Morgan fingerprint density at radius 3 is 2.57 bits per heavy atom. The van der Waals surface area contributed by atoms with E-state index >= 15 is 0 Å². The molecule has 1 fully saturated rings. The Balaban J connectivity index is 1.81. The molecule has 1 N–H and O–H groups in total. The summed E-state index contributed by atoms with van der Waals surface area (Å²) in [6.45, 7) is 0. The maximum Gasteiger partial charge on any atom is 0.307 e. The number of para-hydroxylation sites is 2. The van der Waals surface area contributed by atoms with Crippen LogP contribution in [-0.4, -0.2) is 19.0 Å². The second-order valence-corrected chi connectivity index (χ2v) is 5.32. The van der Waals surface area contributed by atoms with Crippen molar-refractivity contribution in [1.82, 2.24) is 0 Å². The van der Waals surface area contributed by atoms with Crippen LogP contribution < -0.4 is 10.1 Å². The zero-order valence-electron chi connectivity index (χ0n) is 12.7. The number of carbonyl (C=O) groups is 2. The molecule has 0 radical (unpaired) electrons. The van der Waals surface area contributed by atoms with Crippen molar-refractivity contribution in [3.63, 3.8) is 0 Å². The van der Waals surface area contributed by atoms with E-state index in [0.29, 0.717) is 11.4 Å². The molecule has 5 nitrogen and oxygen atoms in total. The molecular weight excluding hydrogens is 294 g/mol. The predicted octanol–water partition coefficient (Wildman–Crippen LogP) is 2.94. The highest BCUT2D eigenvalue weighted by Gasteiger charge is 2.40. The van der Waals surface area contributed by atoms with Crippen molar-refractivity contribution >= 4 is 17.6 Å². The van der Waals surface area contributed by atoms with Gasteiger partial charge in [-0.3, -0.25) is 9.59 Å². The van der Waals surface area contributed by atoms with Crippen LogP contribution in [0.2, 0.25) is 0 Å². The summed E-state index contributed by atoms with van der Waals surface area (Å²) in [5, 5.41) is 2.83. The average molecular weight is 311 g/mol. The van der Waals surface area contributed by atoms with Gasteiger partial charge in [0, 0.05) is 0 Å². The Bertz CT molecular complexity index is 714. The van der Waals surface area contributed by atoms with Gasteiger partial charge >= 0.3 is 5.97 Å². The zero-order valence-corrected chi connectivity index (χ0v) is 12.7. The molecular formula is C18H17NO4. The number of esters is 1. The van der Waals surface area contributed by atoms with Crippen LogP contribution in [0.5, 0.6) is 5.75 Å². The normalized spacial score (nSPS) is 20.0. The number of nitrogens with one attached hydrogen (secondary N) is 1. The van der Waals surface area contributed by atoms with E-state index in [2.05, 4.69) is 5.32 Å². The number of rotatable bonds is 4. The molecule has 3 rings (SSSR count). The molecule has 0 saturated carbocycles. The smallest absolute Gasteiger partial charge is 0.307 e. The molecule has 0 aliphatic carbocycles. The van der Waals surface area contributed by atoms with Gasteiger partial charge in [-0.2, -0.15) is 0 Å². The lowest BCUT2D eigenvalue weighted by molar-refractivity contribution is -0.141. The van der Waals surface area contributed by atoms with Crippen LogP contribution in [0.15, 0.2) is 54.6 Å². The third-order valence-corrected chi connectivity index (χ3v) is 3.84. The Kier molecular flexibility index (Phi) is 4.28. The third kappa shape index (κ3) is 3.18. The molecule has 1 heterocycles. The summed E-state index contributed by atoms with van der Waals surface area (Å²) in [7, 11) is 1.54. The minimum Gasteiger partial charge on any atom is -0.495 e. The highest BCUT2D eigenvalue weighted by molar-refractivity contribution is 5.97. The monoisotopic (exact) mass is 311 g/mol. The van der Waals surface area contributed by atoms with Crippen LogP contribution in [-0.2, 0) is 14.3 Å². The third-order valence-electron chi connectivity index (χ3n) is 3.84. The van der Waals surface area contributed by atoms with Gasteiger partial charge in [-0.1, -0.05) is 42.5 Å². The minimum absolute atomic E-state index is 0.0700. The van der Waals surface area contributed by atoms with E-state index in [0.717, 1.165) is 5.56 Å². The zero-order chi connectivity index (χ0) is 16.2. The summed E-state index contributed by atoms with van der Waals surface area (Å²) in [5.41, 5.74) is 1.39. The van der Waals surface area contributed by atoms with E-state index < -0.39 is 12.0 Å². The van der Waals surface area contributed by atoms with E-state index in [9.17, 15) is 9.59 Å². The topological polar surface area (TPSA) is 64.6 Å². The fraction of sp³-hybridized carbons (Fsp3) is 0.222. The lowest BCUT2D eigenvalue weighted by Crippen LogP contribution is -2.25. The van der Waals surface area contributed by atoms with Crippen molar-refractivity contribution in [1.29, 1.82) is 0 Å². The van der Waals surface area contributed by atoms with Crippen molar-refractivity contribution < 1.29 is 19.1 Å². The number of amides is 1. The SMILES string of the molecule is COc1ccccc1NC(=O)[C@@H]1CC(=O)O[C@H]1c1ccccc1. The number of benzene rings is 2. The summed E-state index contributed by atoms with van der Waals surface area (Å²) >= 11 is 0. The lowest BCUT2D eigenvalue weighted by Gasteiger charge is -2.18. The quantitative estimate of drug-likeness (QED) is 0.882. The van der Waals surface area contributed by atoms with Crippen LogP contribution in [0.25, 0.3) is 0 Å². The number of carbonyl (C=O) groups excluding carboxylic acids is 2. The van der Waals surface area contributed by atoms with Crippen LogP contribution in [0, 0.1) is 5.92 Å².